The number of rotatable bonds is 9. The van der Waals surface area contributed by atoms with Gasteiger partial charge in [0.15, 0.2) is 5.60 Å². The van der Waals surface area contributed by atoms with E-state index in [-0.39, 0.29) is 60.6 Å². The normalized spacial score (nSPS) is 38.6. The Balaban J connectivity index is 1.16. The molecule has 0 aromatic rings. The Labute approximate surface area is 294 Å². The second kappa shape index (κ2) is 14.2. The topological polar surface area (TPSA) is 109 Å². The van der Waals surface area contributed by atoms with Gasteiger partial charge in [-0.3, -0.25) is 9.59 Å². The van der Waals surface area contributed by atoms with Crippen LogP contribution in [0.25, 0.3) is 0 Å². The van der Waals surface area contributed by atoms with E-state index in [2.05, 4.69) is 24.9 Å². The van der Waals surface area contributed by atoms with E-state index in [1.54, 1.807) is 0 Å². The van der Waals surface area contributed by atoms with Gasteiger partial charge in [-0.05, 0) is 99.6 Å². The number of hydrogen-bond acceptors (Lipinski definition) is 7. The third-order valence-electron chi connectivity index (χ3n) is 14.4. The number of ether oxygens (including phenoxy) is 3. The van der Waals surface area contributed by atoms with Gasteiger partial charge in [-0.1, -0.05) is 32.9 Å². The maximum atomic E-state index is 15.2. The molecular weight excluding hydrogens is 639 g/mol. The average molecular weight is 700 g/mol. The van der Waals surface area contributed by atoms with Crippen molar-refractivity contribution in [2.45, 2.75) is 157 Å². The van der Waals surface area contributed by atoms with Crippen LogP contribution < -0.4 is 0 Å². The predicted octanol–water partition coefficient (Wildman–Crippen LogP) is 5.85. The smallest absolute Gasteiger partial charge is 0.410 e. The van der Waals surface area contributed by atoms with Crippen LogP contribution in [0.4, 0.5) is 4.79 Å². The van der Waals surface area contributed by atoms with Gasteiger partial charge in [0.25, 0.3) is 5.91 Å². The fraction of sp³-hybridized carbons (Fsp3) is 0.868. The number of aliphatic hydroxyl groups excluding tert-OH is 1. The molecule has 10 nitrogen and oxygen atoms in total. The molecule has 7 aliphatic rings. The molecular formula is C38H61N3O7Si. The van der Waals surface area contributed by atoms with Crippen LogP contribution in [0.5, 0.6) is 0 Å². The monoisotopic (exact) mass is 699 g/mol. The molecule has 274 valence electrons. The van der Waals surface area contributed by atoms with E-state index in [0.717, 1.165) is 96.4 Å². The minimum absolute atomic E-state index is 0.00224. The molecule has 3 amide bonds. The molecule has 3 saturated heterocycles. The van der Waals surface area contributed by atoms with Crippen LogP contribution in [-0.4, -0.2) is 116 Å². The molecule has 2 saturated carbocycles. The van der Waals surface area contributed by atoms with E-state index < -0.39 is 13.7 Å². The lowest BCUT2D eigenvalue weighted by Crippen LogP contribution is -2.51. The number of hydrogen-bond donors (Lipinski definition) is 1. The van der Waals surface area contributed by atoms with E-state index in [1.807, 2.05) is 16.9 Å². The summed E-state index contributed by atoms with van der Waals surface area (Å²) in [5.41, 5.74) is 2.20. The number of carbonyl (C=O) groups is 3. The number of carbonyl (C=O) groups excluding carboxylic acids is 3. The van der Waals surface area contributed by atoms with Gasteiger partial charge in [0, 0.05) is 37.9 Å². The lowest BCUT2D eigenvalue weighted by Gasteiger charge is -2.45. The molecule has 0 aromatic heterocycles. The summed E-state index contributed by atoms with van der Waals surface area (Å²) >= 11 is 0. The van der Waals surface area contributed by atoms with E-state index in [4.69, 9.17) is 14.2 Å². The predicted molar refractivity (Wildman–Crippen MR) is 188 cm³/mol. The van der Waals surface area contributed by atoms with E-state index in [0.29, 0.717) is 37.3 Å². The van der Waals surface area contributed by atoms with Crippen LogP contribution in [0, 0.1) is 11.8 Å². The molecule has 1 N–H and O–H groups in total. The Morgan fingerprint density at radius 3 is 2.39 bits per heavy atom. The van der Waals surface area contributed by atoms with Crippen molar-refractivity contribution < 1.29 is 33.7 Å². The Bertz CT molecular complexity index is 1290. The first-order valence-corrected chi connectivity index (χ1v) is 22.8. The molecule has 5 atom stereocenters. The molecule has 4 heterocycles. The highest BCUT2D eigenvalue weighted by atomic mass is 28.3. The van der Waals surface area contributed by atoms with Gasteiger partial charge in [0.05, 0.1) is 45.9 Å². The number of likely N-dealkylation sites (tertiary alicyclic amines) is 1. The molecule has 0 unspecified atom stereocenters. The second-order valence-corrected chi connectivity index (χ2v) is 22.2. The van der Waals surface area contributed by atoms with E-state index in [1.165, 1.54) is 11.3 Å². The van der Waals surface area contributed by atoms with E-state index >= 15 is 4.79 Å². The summed E-state index contributed by atoms with van der Waals surface area (Å²) in [7, 11) is -0.251. The summed E-state index contributed by atoms with van der Waals surface area (Å²) in [6, 6.07) is 0.122. The number of allylic oxidation sites excluding steroid dienone is 1. The maximum absolute atomic E-state index is 15.2. The number of amides is 3. The van der Waals surface area contributed by atoms with Crippen LogP contribution in [0.15, 0.2) is 11.3 Å². The van der Waals surface area contributed by atoms with Crippen LogP contribution >= 0.6 is 0 Å². The molecule has 49 heavy (non-hydrogen) atoms. The van der Waals surface area contributed by atoms with E-state index in [9.17, 15) is 14.7 Å². The lowest BCUT2D eigenvalue weighted by atomic mass is 9.78. The van der Waals surface area contributed by atoms with Crippen molar-refractivity contribution >= 4 is 26.0 Å². The zero-order valence-electron chi connectivity index (χ0n) is 30.5. The molecule has 0 bridgehead atoms. The summed E-state index contributed by atoms with van der Waals surface area (Å²) < 4.78 is 18.3. The molecule has 0 radical (unpaired) electrons. The molecule has 4 aliphatic heterocycles. The number of nitrogens with zero attached hydrogens (tertiary/aromatic N) is 3. The lowest BCUT2D eigenvalue weighted by molar-refractivity contribution is -0.152. The zero-order chi connectivity index (χ0) is 34.5. The van der Waals surface area contributed by atoms with Crippen LogP contribution in [0.3, 0.4) is 0 Å². The number of methoxy groups -OCH3 is 1. The fourth-order valence-corrected chi connectivity index (χ4v) is 16.7. The SMILES string of the molecule is COC1CCC([Si](C)(C)[C@@H]2[C@@H](CC(=O)N3CCC[C@H]3CO)O[C@]3(C(=O)N(CC4CCC(N5CCOC5=O)CC4)C4=C3CCCC4)[C@H]2C)CC1. The van der Waals surface area contributed by atoms with Crippen molar-refractivity contribution in [3.05, 3.63) is 11.3 Å². The molecule has 7 rings (SSSR count). The number of aliphatic hydroxyl groups is 1. The summed E-state index contributed by atoms with van der Waals surface area (Å²) in [5.74, 6) is 0.584. The van der Waals surface area contributed by atoms with Gasteiger partial charge >= 0.3 is 6.09 Å². The van der Waals surface area contributed by atoms with Crippen molar-refractivity contribution in [2.24, 2.45) is 11.8 Å². The zero-order valence-corrected chi connectivity index (χ0v) is 31.5. The van der Waals surface area contributed by atoms with Crippen LogP contribution in [-0.2, 0) is 23.8 Å². The average Bonchev–Trinajstić information content (AvgIpc) is 3.88. The Morgan fingerprint density at radius 1 is 0.980 bits per heavy atom. The largest absolute Gasteiger partial charge is 0.448 e. The summed E-state index contributed by atoms with van der Waals surface area (Å²) in [6.07, 6.45) is 14.2. The minimum Gasteiger partial charge on any atom is -0.448 e. The number of fused-ring (bicyclic) bond motifs is 1. The first-order valence-electron chi connectivity index (χ1n) is 19.7. The molecule has 11 heteroatoms. The van der Waals surface area contributed by atoms with Crippen LogP contribution in [0.1, 0.15) is 103 Å². The Kier molecular flexibility index (Phi) is 10.3. The third-order valence-corrected chi connectivity index (χ3v) is 19.7. The Morgan fingerprint density at radius 2 is 1.71 bits per heavy atom. The van der Waals surface area contributed by atoms with Crippen molar-refractivity contribution in [3.8, 4) is 0 Å². The highest BCUT2D eigenvalue weighted by Crippen LogP contribution is 2.61. The van der Waals surface area contributed by atoms with Crippen molar-refractivity contribution in [1.29, 1.82) is 0 Å². The quantitative estimate of drug-likeness (QED) is 0.301. The third kappa shape index (κ3) is 6.20. The first-order chi connectivity index (χ1) is 23.6. The molecule has 0 aromatic carbocycles. The van der Waals surface area contributed by atoms with Crippen molar-refractivity contribution in [3.63, 3.8) is 0 Å². The van der Waals surface area contributed by atoms with Crippen molar-refractivity contribution in [2.75, 3.05) is 40.0 Å². The Hall–Kier alpha value is -1.95. The van der Waals surface area contributed by atoms with Gasteiger partial charge in [-0.2, -0.15) is 0 Å². The van der Waals surface area contributed by atoms with Gasteiger partial charge in [-0.25, -0.2) is 4.79 Å². The summed E-state index contributed by atoms with van der Waals surface area (Å²) in [6.45, 7) is 9.89. The second-order valence-electron chi connectivity index (χ2n) is 17.0. The van der Waals surface area contributed by atoms with Gasteiger partial charge < -0.3 is 34.0 Å². The standard InChI is InChI=1S/C38H61N3O7Si/c1-25-35(49(3,4)30-17-15-29(46-2)16-18-30)33(22-34(43)39-19-7-8-28(39)24-42)48-38(25)31-9-5-6-10-32(31)41(36(38)44)23-26-11-13-27(14-12-26)40-20-21-47-37(40)45/h25-30,33,35,42H,5-24H2,1-4H3/t25-,26?,27?,28-,29?,30?,33+,35-,38+/m0/s1. The fourth-order valence-electron chi connectivity index (χ4n) is 11.7. The molecule has 1 spiro atoms. The molecule has 3 aliphatic carbocycles. The van der Waals surface area contributed by atoms with Gasteiger partial charge in [-0.15, -0.1) is 0 Å². The maximum Gasteiger partial charge on any atom is 0.410 e. The van der Waals surface area contributed by atoms with Gasteiger partial charge in [0.1, 0.15) is 6.61 Å². The number of cyclic esters (lactones) is 1. The highest BCUT2D eigenvalue weighted by Gasteiger charge is 2.67. The first kappa shape index (κ1) is 35.4. The van der Waals surface area contributed by atoms with Crippen molar-refractivity contribution in [1.82, 2.24) is 14.7 Å². The highest BCUT2D eigenvalue weighted by molar-refractivity contribution is 6.80. The minimum atomic E-state index is -2.08. The summed E-state index contributed by atoms with van der Waals surface area (Å²) in [5, 5.41) is 10.1. The van der Waals surface area contributed by atoms with Gasteiger partial charge in [0.2, 0.25) is 5.91 Å². The van der Waals surface area contributed by atoms with Crippen LogP contribution in [0.2, 0.25) is 24.2 Å². The molecule has 5 fully saturated rings. The summed E-state index contributed by atoms with van der Waals surface area (Å²) in [4.78, 5) is 47.4.